The maximum Gasteiger partial charge on any atom is 0.140 e. The number of aliphatic hydroxyl groups is 1. The van der Waals surface area contributed by atoms with Crippen molar-refractivity contribution in [2.24, 2.45) is 4.99 Å². The van der Waals surface area contributed by atoms with Gasteiger partial charge < -0.3 is 5.11 Å². The first-order chi connectivity index (χ1) is 11.1. The molecule has 2 aromatic rings. The van der Waals surface area contributed by atoms with E-state index in [1.165, 1.54) is 0 Å². The second kappa shape index (κ2) is 6.73. The van der Waals surface area contributed by atoms with Crippen molar-refractivity contribution < 1.29 is 5.11 Å². The Labute approximate surface area is 142 Å². The van der Waals surface area contributed by atoms with Gasteiger partial charge in [0.15, 0.2) is 0 Å². The SMILES string of the molecule is C=C(C)CCC[C@@]1(O)C(Sc2ccccc2)=Nc2ccccc21. The molecule has 0 bridgehead atoms. The first-order valence-electron chi connectivity index (χ1n) is 7.88. The molecule has 0 amide bonds. The number of rotatable bonds is 5. The molecule has 1 atom stereocenters. The summed E-state index contributed by atoms with van der Waals surface area (Å²) in [5.74, 6) is 0. The fourth-order valence-electron chi connectivity index (χ4n) is 2.83. The second-order valence-corrected chi connectivity index (χ2v) is 7.08. The van der Waals surface area contributed by atoms with Gasteiger partial charge in [0.1, 0.15) is 10.6 Å². The summed E-state index contributed by atoms with van der Waals surface area (Å²) < 4.78 is 0. The fraction of sp³-hybridized carbons (Fsp3) is 0.250. The van der Waals surface area contributed by atoms with Gasteiger partial charge in [-0.2, -0.15) is 0 Å². The summed E-state index contributed by atoms with van der Waals surface area (Å²) in [5.41, 5.74) is 1.95. The lowest BCUT2D eigenvalue weighted by molar-refractivity contribution is 0.106. The lowest BCUT2D eigenvalue weighted by Crippen LogP contribution is -2.31. The normalized spacial score (nSPS) is 19.3. The molecule has 0 radical (unpaired) electrons. The first kappa shape index (κ1) is 16.0. The monoisotopic (exact) mass is 323 g/mol. The number of nitrogens with zero attached hydrogens (tertiary/aromatic N) is 1. The molecule has 3 rings (SSSR count). The zero-order chi connectivity index (χ0) is 16.3. The molecule has 0 unspecified atom stereocenters. The Balaban J connectivity index is 1.88. The van der Waals surface area contributed by atoms with Crippen molar-refractivity contribution in [1.82, 2.24) is 0 Å². The van der Waals surface area contributed by atoms with Gasteiger partial charge in [-0.25, -0.2) is 4.99 Å². The molecule has 0 fully saturated rings. The first-order valence-corrected chi connectivity index (χ1v) is 8.69. The molecular formula is C20H21NOS. The number of aliphatic imine (C=N–C) groups is 1. The molecule has 1 N–H and O–H groups in total. The van der Waals surface area contributed by atoms with Crippen molar-refractivity contribution in [3.63, 3.8) is 0 Å². The van der Waals surface area contributed by atoms with Crippen LogP contribution in [0.4, 0.5) is 5.69 Å². The van der Waals surface area contributed by atoms with Crippen LogP contribution in [0.1, 0.15) is 31.7 Å². The van der Waals surface area contributed by atoms with E-state index in [1.807, 2.05) is 61.5 Å². The number of para-hydroxylation sites is 1. The quantitative estimate of drug-likeness (QED) is 0.741. The Bertz CT molecular complexity index is 738. The van der Waals surface area contributed by atoms with E-state index >= 15 is 0 Å². The molecule has 0 saturated heterocycles. The maximum absolute atomic E-state index is 11.4. The summed E-state index contributed by atoms with van der Waals surface area (Å²) >= 11 is 1.55. The van der Waals surface area contributed by atoms with Crippen LogP contribution in [0.15, 0.2) is 76.6 Å². The summed E-state index contributed by atoms with van der Waals surface area (Å²) in [6.07, 6.45) is 2.48. The van der Waals surface area contributed by atoms with Gasteiger partial charge in [-0.05, 0) is 44.4 Å². The molecule has 23 heavy (non-hydrogen) atoms. The molecule has 0 aliphatic carbocycles. The third kappa shape index (κ3) is 3.41. The number of allylic oxidation sites excluding steroid dienone is 1. The predicted molar refractivity (Wildman–Crippen MR) is 98.4 cm³/mol. The lowest BCUT2D eigenvalue weighted by atomic mass is 9.90. The van der Waals surface area contributed by atoms with E-state index in [-0.39, 0.29) is 0 Å². The average molecular weight is 323 g/mol. The maximum atomic E-state index is 11.4. The molecule has 1 aliphatic heterocycles. The highest BCUT2D eigenvalue weighted by atomic mass is 32.2. The minimum atomic E-state index is -0.994. The molecule has 0 saturated carbocycles. The van der Waals surface area contributed by atoms with Crippen molar-refractivity contribution in [2.45, 2.75) is 36.7 Å². The molecule has 0 spiro atoms. The number of hydrogen-bond acceptors (Lipinski definition) is 3. The minimum absolute atomic E-state index is 0.662. The van der Waals surface area contributed by atoms with Crippen molar-refractivity contribution in [3.05, 3.63) is 72.3 Å². The fourth-order valence-corrected chi connectivity index (χ4v) is 3.87. The Hall–Kier alpha value is -1.84. The number of benzene rings is 2. The highest BCUT2D eigenvalue weighted by Gasteiger charge is 2.41. The van der Waals surface area contributed by atoms with Crippen LogP contribution >= 0.6 is 11.8 Å². The highest BCUT2D eigenvalue weighted by Crippen LogP contribution is 2.46. The van der Waals surface area contributed by atoms with Crippen LogP contribution in [-0.2, 0) is 5.60 Å². The minimum Gasteiger partial charge on any atom is -0.378 e. The van der Waals surface area contributed by atoms with Crippen molar-refractivity contribution in [3.8, 4) is 0 Å². The van der Waals surface area contributed by atoms with Gasteiger partial charge in [-0.1, -0.05) is 53.7 Å². The molecule has 1 heterocycles. The van der Waals surface area contributed by atoms with Crippen LogP contribution in [0.25, 0.3) is 0 Å². The number of thioether (sulfide) groups is 1. The molecule has 3 heteroatoms. The third-order valence-corrected chi connectivity index (χ3v) is 5.16. The number of fused-ring (bicyclic) bond motifs is 1. The highest BCUT2D eigenvalue weighted by molar-refractivity contribution is 8.14. The summed E-state index contributed by atoms with van der Waals surface area (Å²) in [6.45, 7) is 5.98. The molecule has 2 aromatic carbocycles. The van der Waals surface area contributed by atoms with Gasteiger partial charge in [0.05, 0.1) is 5.69 Å². The largest absolute Gasteiger partial charge is 0.378 e. The summed E-state index contributed by atoms with van der Waals surface area (Å²) in [4.78, 5) is 5.80. The van der Waals surface area contributed by atoms with E-state index in [4.69, 9.17) is 4.99 Å². The number of hydrogen-bond donors (Lipinski definition) is 1. The van der Waals surface area contributed by atoms with Gasteiger partial charge in [0.25, 0.3) is 0 Å². The van der Waals surface area contributed by atoms with E-state index in [2.05, 4.69) is 6.58 Å². The van der Waals surface area contributed by atoms with E-state index in [1.54, 1.807) is 11.8 Å². The van der Waals surface area contributed by atoms with Crippen LogP contribution in [0.2, 0.25) is 0 Å². The molecule has 118 valence electrons. The topological polar surface area (TPSA) is 32.6 Å². The smallest absolute Gasteiger partial charge is 0.140 e. The molecular weight excluding hydrogens is 302 g/mol. The van der Waals surface area contributed by atoms with Crippen LogP contribution < -0.4 is 0 Å². The Morgan fingerprint density at radius 2 is 1.83 bits per heavy atom. The summed E-state index contributed by atoms with van der Waals surface area (Å²) in [5, 5.41) is 12.2. The van der Waals surface area contributed by atoms with E-state index < -0.39 is 5.60 Å². The van der Waals surface area contributed by atoms with E-state index in [9.17, 15) is 5.11 Å². The molecule has 1 aliphatic rings. The van der Waals surface area contributed by atoms with Crippen molar-refractivity contribution in [2.75, 3.05) is 0 Å². The Morgan fingerprint density at radius 3 is 2.57 bits per heavy atom. The predicted octanol–water partition coefficient (Wildman–Crippen LogP) is 5.46. The van der Waals surface area contributed by atoms with Gasteiger partial charge in [0.2, 0.25) is 0 Å². The van der Waals surface area contributed by atoms with Gasteiger partial charge in [0, 0.05) is 10.5 Å². The van der Waals surface area contributed by atoms with Crippen LogP contribution in [0.5, 0.6) is 0 Å². The molecule has 0 aromatic heterocycles. The zero-order valence-corrected chi connectivity index (χ0v) is 14.1. The Morgan fingerprint density at radius 1 is 1.13 bits per heavy atom. The standard InChI is InChI=1S/C20H21NOS/c1-15(2)9-8-14-20(22)17-12-6-7-13-18(17)21-19(20)23-16-10-4-3-5-11-16/h3-7,10-13,22H,1,8-9,14H2,2H3/t20-/m0/s1. The third-order valence-electron chi connectivity index (χ3n) is 4.03. The van der Waals surface area contributed by atoms with Gasteiger partial charge in [-0.15, -0.1) is 6.58 Å². The lowest BCUT2D eigenvalue weighted by Gasteiger charge is -2.26. The summed E-state index contributed by atoms with van der Waals surface area (Å²) in [6, 6.07) is 18.0. The van der Waals surface area contributed by atoms with Gasteiger partial charge >= 0.3 is 0 Å². The Kier molecular flexibility index (Phi) is 4.69. The summed E-state index contributed by atoms with van der Waals surface area (Å²) in [7, 11) is 0. The zero-order valence-electron chi connectivity index (χ0n) is 13.3. The van der Waals surface area contributed by atoms with E-state index in [0.717, 1.165) is 39.6 Å². The second-order valence-electron chi connectivity index (χ2n) is 6.02. The van der Waals surface area contributed by atoms with Crippen LogP contribution in [0, 0.1) is 0 Å². The van der Waals surface area contributed by atoms with Gasteiger partial charge in [-0.3, -0.25) is 0 Å². The van der Waals surface area contributed by atoms with Crippen molar-refractivity contribution in [1.29, 1.82) is 0 Å². The van der Waals surface area contributed by atoms with E-state index in [0.29, 0.717) is 6.42 Å². The van der Waals surface area contributed by atoms with Crippen LogP contribution in [0.3, 0.4) is 0 Å². The average Bonchev–Trinajstić information content (AvgIpc) is 2.81. The van der Waals surface area contributed by atoms with Crippen LogP contribution in [-0.4, -0.2) is 10.2 Å². The molecule has 2 nitrogen and oxygen atoms in total. The van der Waals surface area contributed by atoms with Crippen molar-refractivity contribution >= 4 is 22.5 Å².